The minimum atomic E-state index is -0.718. The van der Waals surface area contributed by atoms with Crippen LogP contribution < -0.4 is 25.4 Å². The molecule has 41 heavy (non-hydrogen) atoms. The fraction of sp³-hybridized carbons (Fsp3) is 0.161. The average molecular weight is 557 g/mol. The Balaban J connectivity index is 1.31. The predicted octanol–water partition coefficient (Wildman–Crippen LogP) is 4.91. The lowest BCUT2D eigenvalue weighted by Gasteiger charge is -2.10. The van der Waals surface area contributed by atoms with Crippen molar-refractivity contribution in [3.05, 3.63) is 113 Å². The van der Waals surface area contributed by atoms with Gasteiger partial charge < -0.3 is 20.1 Å². The van der Waals surface area contributed by atoms with Crippen molar-refractivity contribution in [3.63, 3.8) is 0 Å². The van der Waals surface area contributed by atoms with E-state index in [1.165, 1.54) is 30.3 Å². The number of nitrogens with zero attached hydrogens (tertiary/aromatic N) is 1. The molecule has 3 aromatic carbocycles. The van der Waals surface area contributed by atoms with Gasteiger partial charge in [0.05, 0.1) is 7.11 Å². The van der Waals surface area contributed by atoms with Gasteiger partial charge in [-0.3, -0.25) is 19.9 Å². The summed E-state index contributed by atoms with van der Waals surface area (Å²) >= 11 is 0. The maximum absolute atomic E-state index is 13.0. The second-order valence-electron chi connectivity index (χ2n) is 9.17. The Morgan fingerprint density at radius 2 is 1.59 bits per heavy atom. The molecule has 3 N–H and O–H groups in total. The molecule has 1 atom stereocenters. The number of aliphatic imine (C=N–C) groups is 1. The van der Waals surface area contributed by atoms with Gasteiger partial charge in [-0.25, -0.2) is 9.18 Å². The number of amides is 3. The van der Waals surface area contributed by atoms with Crippen molar-refractivity contribution in [2.45, 2.75) is 20.0 Å². The maximum Gasteiger partial charge on any atom is 0.417 e. The molecule has 0 fully saturated rings. The van der Waals surface area contributed by atoms with Crippen LogP contribution in [0.4, 0.5) is 14.9 Å². The van der Waals surface area contributed by atoms with Gasteiger partial charge in [0, 0.05) is 36.5 Å². The van der Waals surface area contributed by atoms with Crippen LogP contribution in [0, 0.1) is 11.7 Å². The van der Waals surface area contributed by atoms with E-state index in [0.29, 0.717) is 17.0 Å². The standard InChI is InChI=1S/C31H29FN4O5/c1-20-14-23(16-28(33-17-20)30(38)35-19-22-4-3-5-27(15-22)40-2)29(37)34-18-21-6-10-25(11-7-21)36-31(39)41-26-12-8-24(32)9-13-26/h3-17,20H,18-19H2,1-2H3,(H,34,37)(H,35,38)(H,36,39)/t20-/m0/s1. The fourth-order valence-corrected chi connectivity index (χ4v) is 3.82. The summed E-state index contributed by atoms with van der Waals surface area (Å²) < 4.78 is 23.3. The van der Waals surface area contributed by atoms with Crippen molar-refractivity contribution in [1.29, 1.82) is 0 Å². The summed E-state index contributed by atoms with van der Waals surface area (Å²) in [4.78, 5) is 42.1. The van der Waals surface area contributed by atoms with E-state index in [1.54, 1.807) is 43.7 Å². The molecule has 4 rings (SSSR count). The highest BCUT2D eigenvalue weighted by atomic mass is 19.1. The summed E-state index contributed by atoms with van der Waals surface area (Å²) in [6, 6.07) is 19.3. The number of allylic oxidation sites excluding steroid dienone is 1. The van der Waals surface area contributed by atoms with Crippen LogP contribution in [0.15, 0.2) is 101 Å². The Kier molecular flexibility index (Phi) is 9.61. The third-order valence-electron chi connectivity index (χ3n) is 5.94. The topological polar surface area (TPSA) is 118 Å². The maximum atomic E-state index is 13.0. The zero-order chi connectivity index (χ0) is 29.2. The van der Waals surface area contributed by atoms with Crippen LogP contribution in [0.25, 0.3) is 0 Å². The Morgan fingerprint density at radius 3 is 2.32 bits per heavy atom. The summed E-state index contributed by atoms with van der Waals surface area (Å²) in [6.45, 7) is 2.37. The Bertz CT molecular complexity index is 1500. The van der Waals surface area contributed by atoms with E-state index >= 15 is 0 Å². The summed E-state index contributed by atoms with van der Waals surface area (Å²) in [5, 5.41) is 8.26. The van der Waals surface area contributed by atoms with E-state index < -0.39 is 17.8 Å². The second kappa shape index (κ2) is 13.7. The lowest BCUT2D eigenvalue weighted by Crippen LogP contribution is -2.26. The van der Waals surface area contributed by atoms with Crippen LogP contribution in [0.3, 0.4) is 0 Å². The van der Waals surface area contributed by atoms with Crippen LogP contribution in [-0.4, -0.2) is 31.2 Å². The van der Waals surface area contributed by atoms with Crippen LogP contribution in [0.2, 0.25) is 0 Å². The van der Waals surface area contributed by atoms with Gasteiger partial charge in [-0.1, -0.05) is 37.3 Å². The van der Waals surface area contributed by atoms with Crippen LogP contribution in [0.1, 0.15) is 18.1 Å². The highest BCUT2D eigenvalue weighted by molar-refractivity contribution is 6.02. The number of benzene rings is 3. The summed E-state index contributed by atoms with van der Waals surface area (Å²) in [5.41, 5.74) is 2.58. The SMILES string of the molecule is COc1cccc(CNC(=O)C2=CC(C(=O)NCc3ccc(NC(=O)Oc4ccc(F)cc4)cc3)=C[C@H](C)C=N2)c1. The molecule has 10 heteroatoms. The number of nitrogens with one attached hydrogen (secondary N) is 3. The first-order valence-electron chi connectivity index (χ1n) is 12.8. The second-order valence-corrected chi connectivity index (χ2v) is 9.17. The Labute approximate surface area is 236 Å². The number of methoxy groups -OCH3 is 1. The van der Waals surface area contributed by atoms with Gasteiger partial charge in [-0.2, -0.15) is 0 Å². The first-order valence-corrected chi connectivity index (χ1v) is 12.8. The molecule has 0 bridgehead atoms. The monoisotopic (exact) mass is 556 g/mol. The molecule has 0 saturated carbocycles. The number of halogens is 1. The van der Waals surface area contributed by atoms with Crippen molar-refractivity contribution >= 4 is 29.8 Å². The van der Waals surface area contributed by atoms with Gasteiger partial charge in [0.25, 0.3) is 11.8 Å². The Morgan fingerprint density at radius 1 is 0.878 bits per heavy atom. The van der Waals surface area contributed by atoms with Crippen molar-refractivity contribution in [2.75, 3.05) is 12.4 Å². The zero-order valence-corrected chi connectivity index (χ0v) is 22.5. The molecule has 0 unspecified atom stereocenters. The van der Waals surface area contributed by atoms with Crippen LogP contribution in [0.5, 0.6) is 11.5 Å². The van der Waals surface area contributed by atoms with Gasteiger partial charge in [0.2, 0.25) is 0 Å². The van der Waals surface area contributed by atoms with E-state index in [2.05, 4.69) is 20.9 Å². The molecule has 1 aliphatic rings. The molecule has 9 nitrogen and oxygen atoms in total. The lowest BCUT2D eigenvalue weighted by molar-refractivity contribution is -0.117. The molecule has 1 heterocycles. The zero-order valence-electron chi connectivity index (χ0n) is 22.5. The van der Waals surface area contributed by atoms with Crippen molar-refractivity contribution < 1.29 is 28.2 Å². The smallest absolute Gasteiger partial charge is 0.417 e. The molecule has 0 aromatic heterocycles. The number of carbonyl (C=O) groups excluding carboxylic acids is 3. The normalized spacial score (nSPS) is 14.2. The summed E-state index contributed by atoms with van der Waals surface area (Å²) in [5.74, 6) is -0.447. The van der Waals surface area contributed by atoms with Crippen molar-refractivity contribution in [3.8, 4) is 11.5 Å². The molecule has 0 saturated heterocycles. The number of carbonyl (C=O) groups is 3. The van der Waals surface area contributed by atoms with Crippen LogP contribution in [-0.2, 0) is 22.7 Å². The molecule has 0 spiro atoms. The first kappa shape index (κ1) is 28.8. The van der Waals surface area contributed by atoms with E-state index in [1.807, 2.05) is 31.2 Å². The third-order valence-corrected chi connectivity index (χ3v) is 5.94. The van der Waals surface area contributed by atoms with Gasteiger partial charge >= 0.3 is 6.09 Å². The number of hydrogen-bond acceptors (Lipinski definition) is 6. The largest absolute Gasteiger partial charge is 0.497 e. The summed E-state index contributed by atoms with van der Waals surface area (Å²) in [6.07, 6.45) is 4.10. The lowest BCUT2D eigenvalue weighted by atomic mass is 10.1. The first-order chi connectivity index (χ1) is 19.8. The van der Waals surface area contributed by atoms with Gasteiger partial charge in [0.1, 0.15) is 23.0 Å². The minimum absolute atomic E-state index is 0.126. The highest BCUT2D eigenvalue weighted by Crippen LogP contribution is 2.17. The van der Waals surface area contributed by atoms with Gasteiger partial charge in [-0.15, -0.1) is 0 Å². The molecular formula is C31H29FN4O5. The van der Waals surface area contributed by atoms with Gasteiger partial charge in [0.15, 0.2) is 0 Å². The van der Waals surface area contributed by atoms with E-state index in [4.69, 9.17) is 9.47 Å². The van der Waals surface area contributed by atoms with Crippen LogP contribution >= 0.6 is 0 Å². The fourth-order valence-electron chi connectivity index (χ4n) is 3.82. The molecule has 0 radical (unpaired) electrons. The van der Waals surface area contributed by atoms with E-state index in [9.17, 15) is 18.8 Å². The van der Waals surface area contributed by atoms with E-state index in [-0.39, 0.29) is 36.4 Å². The molecule has 3 amide bonds. The molecule has 1 aliphatic heterocycles. The van der Waals surface area contributed by atoms with Gasteiger partial charge in [-0.05, 0) is 65.7 Å². The number of anilines is 1. The number of hydrogen-bond donors (Lipinski definition) is 3. The number of rotatable bonds is 9. The number of ether oxygens (including phenoxy) is 2. The van der Waals surface area contributed by atoms with E-state index in [0.717, 1.165) is 11.1 Å². The minimum Gasteiger partial charge on any atom is -0.497 e. The van der Waals surface area contributed by atoms with Crippen molar-refractivity contribution in [1.82, 2.24) is 10.6 Å². The highest BCUT2D eigenvalue weighted by Gasteiger charge is 2.17. The molecule has 210 valence electrons. The predicted molar refractivity (Wildman–Crippen MR) is 153 cm³/mol. The quantitative estimate of drug-likeness (QED) is 0.346. The third kappa shape index (κ3) is 8.62. The molecule has 0 aliphatic carbocycles. The molecular weight excluding hydrogens is 527 g/mol. The average Bonchev–Trinajstić information content (AvgIpc) is 3.18. The summed E-state index contributed by atoms with van der Waals surface area (Å²) in [7, 11) is 1.58. The Hall–Kier alpha value is -5.25. The molecule has 3 aromatic rings. The van der Waals surface area contributed by atoms with Crippen molar-refractivity contribution in [2.24, 2.45) is 10.9 Å².